The molecule has 0 amide bonds. The van der Waals surface area contributed by atoms with E-state index in [1.807, 2.05) is 18.2 Å². The van der Waals surface area contributed by atoms with Crippen molar-refractivity contribution in [2.45, 2.75) is 26.5 Å². The number of hydrogen-bond donors (Lipinski definition) is 1. The smallest absolute Gasteiger partial charge is 0.180 e. The van der Waals surface area contributed by atoms with Gasteiger partial charge in [-0.2, -0.15) is 0 Å². The molecule has 1 N–H and O–H groups in total. The number of hydrogen-bond acceptors (Lipinski definition) is 3. The summed E-state index contributed by atoms with van der Waals surface area (Å²) in [7, 11) is 1.60. The molecule has 0 spiro atoms. The van der Waals surface area contributed by atoms with E-state index in [1.54, 1.807) is 19.2 Å². The zero-order valence-corrected chi connectivity index (χ0v) is 15.9. The van der Waals surface area contributed by atoms with Gasteiger partial charge in [0.25, 0.3) is 0 Å². The largest absolute Gasteiger partial charge is 0.493 e. The summed E-state index contributed by atoms with van der Waals surface area (Å²) in [5.74, 6) is 1.13. The molecule has 0 radical (unpaired) electrons. The highest BCUT2D eigenvalue weighted by Crippen LogP contribution is 2.37. The van der Waals surface area contributed by atoms with Crippen LogP contribution in [0.5, 0.6) is 11.5 Å². The van der Waals surface area contributed by atoms with Gasteiger partial charge in [-0.1, -0.05) is 47.8 Å². The van der Waals surface area contributed by atoms with Gasteiger partial charge in [0.15, 0.2) is 11.5 Å². The van der Waals surface area contributed by atoms with E-state index < -0.39 is 0 Å². The number of ether oxygens (including phenoxy) is 2. The maximum atomic E-state index is 6.37. The van der Waals surface area contributed by atoms with E-state index in [-0.39, 0.29) is 0 Å². The highest BCUT2D eigenvalue weighted by atomic mass is 35.5. The summed E-state index contributed by atoms with van der Waals surface area (Å²) >= 11 is 18.3. The van der Waals surface area contributed by atoms with Crippen LogP contribution in [0.25, 0.3) is 0 Å². The lowest BCUT2D eigenvalue weighted by Crippen LogP contribution is -2.14. The number of rotatable bonds is 8. The number of halogens is 3. The topological polar surface area (TPSA) is 30.5 Å². The van der Waals surface area contributed by atoms with Gasteiger partial charge in [0.1, 0.15) is 6.61 Å². The van der Waals surface area contributed by atoms with Crippen molar-refractivity contribution in [1.82, 2.24) is 5.32 Å². The van der Waals surface area contributed by atoms with E-state index >= 15 is 0 Å². The van der Waals surface area contributed by atoms with E-state index in [9.17, 15) is 0 Å². The lowest BCUT2D eigenvalue weighted by Gasteiger charge is -2.15. The molecule has 130 valence electrons. The standard InChI is InChI=1S/C18H20Cl3NO2/c1-3-6-22-10-13-8-16(21)18(17(9-13)23-2)24-11-12-4-5-14(19)15(20)7-12/h4-5,7-9,22H,3,6,10-11H2,1-2H3. The van der Waals surface area contributed by atoms with E-state index in [4.69, 9.17) is 44.3 Å². The molecule has 2 aromatic carbocycles. The van der Waals surface area contributed by atoms with Gasteiger partial charge >= 0.3 is 0 Å². The number of methoxy groups -OCH3 is 1. The number of nitrogens with one attached hydrogen (secondary N) is 1. The Morgan fingerprint density at radius 1 is 0.958 bits per heavy atom. The zero-order chi connectivity index (χ0) is 17.5. The quantitative estimate of drug-likeness (QED) is 0.585. The zero-order valence-electron chi connectivity index (χ0n) is 13.7. The van der Waals surface area contributed by atoms with Crippen LogP contribution in [0, 0.1) is 0 Å². The maximum Gasteiger partial charge on any atom is 0.180 e. The van der Waals surface area contributed by atoms with Crippen molar-refractivity contribution >= 4 is 34.8 Å². The second-order valence-corrected chi connectivity index (χ2v) is 6.54. The minimum absolute atomic E-state index is 0.320. The summed E-state index contributed by atoms with van der Waals surface area (Å²) in [6.07, 6.45) is 1.08. The van der Waals surface area contributed by atoms with Crippen LogP contribution in [0.3, 0.4) is 0 Å². The minimum atomic E-state index is 0.320. The molecule has 24 heavy (non-hydrogen) atoms. The van der Waals surface area contributed by atoms with Crippen molar-refractivity contribution in [2.24, 2.45) is 0 Å². The van der Waals surface area contributed by atoms with Gasteiger partial charge in [-0.15, -0.1) is 0 Å². The van der Waals surface area contributed by atoms with Crippen LogP contribution < -0.4 is 14.8 Å². The molecule has 0 bridgehead atoms. The molecular formula is C18H20Cl3NO2. The molecule has 0 heterocycles. The third-order valence-corrected chi connectivity index (χ3v) is 4.43. The van der Waals surface area contributed by atoms with Crippen LogP contribution in [0.15, 0.2) is 30.3 Å². The Morgan fingerprint density at radius 2 is 1.71 bits per heavy atom. The average molecular weight is 389 g/mol. The first-order valence-corrected chi connectivity index (χ1v) is 8.82. The van der Waals surface area contributed by atoms with Crippen molar-refractivity contribution in [3.63, 3.8) is 0 Å². The predicted molar refractivity (Wildman–Crippen MR) is 101 cm³/mol. The van der Waals surface area contributed by atoms with Crippen LogP contribution in [0.4, 0.5) is 0 Å². The van der Waals surface area contributed by atoms with Crippen LogP contribution in [-0.2, 0) is 13.2 Å². The third-order valence-electron chi connectivity index (χ3n) is 3.41. The van der Waals surface area contributed by atoms with Crippen molar-refractivity contribution in [1.29, 1.82) is 0 Å². The van der Waals surface area contributed by atoms with Crippen molar-refractivity contribution in [2.75, 3.05) is 13.7 Å². The molecule has 2 rings (SSSR count). The van der Waals surface area contributed by atoms with E-state index in [2.05, 4.69) is 12.2 Å². The van der Waals surface area contributed by atoms with Gasteiger partial charge in [0.2, 0.25) is 0 Å². The van der Waals surface area contributed by atoms with E-state index in [0.29, 0.717) is 33.2 Å². The SMILES string of the molecule is CCCNCc1cc(Cl)c(OCc2ccc(Cl)c(Cl)c2)c(OC)c1. The highest BCUT2D eigenvalue weighted by molar-refractivity contribution is 6.42. The first-order chi connectivity index (χ1) is 11.5. The van der Waals surface area contributed by atoms with Gasteiger partial charge in [-0.05, 0) is 48.4 Å². The molecular weight excluding hydrogens is 369 g/mol. The van der Waals surface area contributed by atoms with Crippen LogP contribution in [0.2, 0.25) is 15.1 Å². The first-order valence-electron chi connectivity index (χ1n) is 7.69. The monoisotopic (exact) mass is 387 g/mol. The summed E-state index contributed by atoms with van der Waals surface area (Å²) in [4.78, 5) is 0. The van der Waals surface area contributed by atoms with Crippen molar-refractivity contribution < 1.29 is 9.47 Å². The fourth-order valence-corrected chi connectivity index (χ4v) is 2.82. The van der Waals surface area contributed by atoms with Gasteiger partial charge in [-0.25, -0.2) is 0 Å². The van der Waals surface area contributed by atoms with Crippen LogP contribution in [0.1, 0.15) is 24.5 Å². The van der Waals surface area contributed by atoms with Crippen molar-refractivity contribution in [3.8, 4) is 11.5 Å². The van der Waals surface area contributed by atoms with E-state index in [0.717, 1.165) is 30.6 Å². The fourth-order valence-electron chi connectivity index (χ4n) is 2.21. The molecule has 0 aliphatic rings. The molecule has 0 atom stereocenters. The predicted octanol–water partition coefficient (Wildman–Crippen LogP) is 5.73. The van der Waals surface area contributed by atoms with Crippen LogP contribution in [-0.4, -0.2) is 13.7 Å². The fraction of sp³-hybridized carbons (Fsp3) is 0.333. The Bertz CT molecular complexity index is 692. The lowest BCUT2D eigenvalue weighted by atomic mass is 10.2. The van der Waals surface area contributed by atoms with Crippen molar-refractivity contribution in [3.05, 3.63) is 56.5 Å². The van der Waals surface area contributed by atoms with Gasteiger partial charge in [-0.3, -0.25) is 0 Å². The van der Waals surface area contributed by atoms with Gasteiger partial charge in [0, 0.05) is 6.54 Å². The van der Waals surface area contributed by atoms with Gasteiger partial charge in [0.05, 0.1) is 22.2 Å². The van der Waals surface area contributed by atoms with E-state index in [1.165, 1.54) is 0 Å². The molecule has 0 aliphatic heterocycles. The second kappa shape index (κ2) is 9.38. The minimum Gasteiger partial charge on any atom is -0.493 e. The summed E-state index contributed by atoms with van der Waals surface area (Å²) in [6.45, 7) is 4.13. The average Bonchev–Trinajstić information content (AvgIpc) is 2.56. The molecule has 0 unspecified atom stereocenters. The Kier molecular flexibility index (Phi) is 7.50. The lowest BCUT2D eigenvalue weighted by molar-refractivity contribution is 0.284. The second-order valence-electron chi connectivity index (χ2n) is 5.32. The normalized spacial score (nSPS) is 10.7. The molecule has 0 aromatic heterocycles. The molecule has 0 saturated carbocycles. The summed E-state index contributed by atoms with van der Waals surface area (Å²) < 4.78 is 11.3. The summed E-state index contributed by atoms with van der Waals surface area (Å²) in [5, 5.41) is 4.86. The summed E-state index contributed by atoms with van der Waals surface area (Å²) in [6, 6.07) is 9.19. The Balaban J connectivity index is 2.12. The van der Waals surface area contributed by atoms with Gasteiger partial charge < -0.3 is 14.8 Å². The molecule has 6 heteroatoms. The molecule has 0 aliphatic carbocycles. The first kappa shape index (κ1) is 19.2. The molecule has 3 nitrogen and oxygen atoms in total. The molecule has 0 fully saturated rings. The Hall–Kier alpha value is -1.13. The Labute approximate surface area is 157 Å². The molecule has 2 aromatic rings. The summed E-state index contributed by atoms with van der Waals surface area (Å²) in [5.41, 5.74) is 1.95. The number of benzene rings is 2. The highest BCUT2D eigenvalue weighted by Gasteiger charge is 2.12. The molecule has 0 saturated heterocycles. The maximum absolute atomic E-state index is 6.37. The van der Waals surface area contributed by atoms with Crippen LogP contribution >= 0.6 is 34.8 Å². The third kappa shape index (κ3) is 5.18. The Morgan fingerprint density at radius 3 is 2.38 bits per heavy atom.